The van der Waals surface area contributed by atoms with Gasteiger partial charge in [-0.25, -0.2) is 14.4 Å². The standard InChI is InChI=1S/C23H35NO4.2C19H29NO2.C7H12O3.C6H10O3.C4H8O3.CH3.Y/c1-11-14-20(2,3)28-17-13-12-16(15-18(17)27-10)21(4,5)23(8,9)24-19(25)22(6,7)26;2*1-9-12-17(2,3)22-15-11-10-14(13-16(15)21-8)18(4,5)19(6,7)20;1-6(2)5(8)9-7(3,4)10-6;1-4-5(7)9-6(2,3)8-4;1-4(2,7)3(5)6;;/h12-13,15,26H,1-10H3,(H,24,25);2*10-11,13H,20H2,1-8H3;1-4H3;4H,1-3H3;7H,1-2H3,(H,5,6);1H3;/q;;;;;;-1;. The molecule has 2 fully saturated rings. The smallest absolute Gasteiger partial charge is 0.340 e. The number of nitrogens with two attached hydrogens (primary N) is 2. The van der Waals surface area contributed by atoms with E-state index in [1.165, 1.54) is 27.7 Å². The van der Waals surface area contributed by atoms with Crippen LogP contribution in [0.2, 0.25) is 0 Å². The van der Waals surface area contributed by atoms with Crippen molar-refractivity contribution in [3.8, 4) is 70.0 Å². The predicted molar refractivity (Wildman–Crippen MR) is 394 cm³/mol. The number of cyclic esters (lactones) is 2. The number of carboxylic acids is 1. The summed E-state index contributed by atoms with van der Waals surface area (Å²) in [5, 5.41) is 29.5. The first kappa shape index (κ1) is 98.1. The fourth-order valence-electron chi connectivity index (χ4n) is 8.77. The minimum absolute atomic E-state index is 0. The van der Waals surface area contributed by atoms with Gasteiger partial charge in [0.05, 0.1) is 21.3 Å². The fraction of sp³-hybridized carbons (Fsp3) is 0.633. The molecule has 1 radical (unpaired) electrons. The number of aliphatic hydroxyl groups is 2. The predicted octanol–water partition coefficient (Wildman–Crippen LogP) is 13.6. The number of aliphatic carboxylic acids is 1. The molecule has 3 aromatic rings. The molecule has 20 nitrogen and oxygen atoms in total. The molecule has 21 heteroatoms. The van der Waals surface area contributed by atoms with Crippen LogP contribution in [0.1, 0.15) is 238 Å². The Bertz CT molecular complexity index is 3280. The number of methoxy groups -OCH3 is 3. The molecular formula is C79H126N3O17Y-. The van der Waals surface area contributed by atoms with Gasteiger partial charge < -0.3 is 86.9 Å². The van der Waals surface area contributed by atoms with Crippen LogP contribution in [-0.2, 0) is 87.1 Å². The molecule has 2 saturated heterocycles. The van der Waals surface area contributed by atoms with Crippen LogP contribution in [0.25, 0.3) is 0 Å². The summed E-state index contributed by atoms with van der Waals surface area (Å²) in [5.74, 6) is 18.1. The molecule has 0 aliphatic carbocycles. The maximum Gasteiger partial charge on any atom is 0.340 e. The summed E-state index contributed by atoms with van der Waals surface area (Å²) in [5.41, 5.74) is 8.08. The molecule has 3 aromatic carbocycles. The molecule has 8 N–H and O–H groups in total. The first-order valence-corrected chi connectivity index (χ1v) is 32.6. The zero-order valence-corrected chi connectivity index (χ0v) is 70.4. The molecule has 0 aromatic heterocycles. The van der Waals surface area contributed by atoms with Crippen molar-refractivity contribution in [1.29, 1.82) is 0 Å². The van der Waals surface area contributed by atoms with Gasteiger partial charge in [0.15, 0.2) is 68.6 Å². The summed E-state index contributed by atoms with van der Waals surface area (Å²) >= 11 is 0. The van der Waals surface area contributed by atoms with E-state index >= 15 is 0 Å². The quantitative estimate of drug-likeness (QED) is 0.0392. The number of rotatable bonds is 18. The molecule has 5 rings (SSSR count). The molecule has 0 saturated carbocycles. The van der Waals surface area contributed by atoms with Crippen molar-refractivity contribution < 1.29 is 115 Å². The van der Waals surface area contributed by atoms with Crippen molar-refractivity contribution in [2.24, 2.45) is 11.5 Å². The van der Waals surface area contributed by atoms with E-state index in [2.05, 4.69) is 68.5 Å². The van der Waals surface area contributed by atoms with Gasteiger partial charge in [0.25, 0.3) is 5.91 Å². The number of esters is 2. The first-order chi connectivity index (χ1) is 43.7. The Balaban J connectivity index is -0.00000119. The van der Waals surface area contributed by atoms with Gasteiger partial charge in [-0.2, -0.15) is 0 Å². The molecule has 0 spiro atoms. The van der Waals surface area contributed by atoms with Crippen LogP contribution in [-0.4, -0.2) is 128 Å². The number of nitrogens with one attached hydrogen (secondary N) is 1. The van der Waals surface area contributed by atoms with Crippen LogP contribution >= 0.6 is 0 Å². The third-order valence-electron chi connectivity index (χ3n) is 16.8. The van der Waals surface area contributed by atoms with E-state index in [1.54, 1.807) is 90.6 Å². The van der Waals surface area contributed by atoms with E-state index in [0.717, 1.165) is 16.7 Å². The second kappa shape index (κ2) is 36.8. The van der Waals surface area contributed by atoms with E-state index in [4.69, 9.17) is 69.0 Å². The third-order valence-corrected chi connectivity index (χ3v) is 16.8. The van der Waals surface area contributed by atoms with Crippen molar-refractivity contribution in [2.75, 3.05) is 21.3 Å². The molecule has 1 amide bonds. The molecule has 2 aliphatic heterocycles. The van der Waals surface area contributed by atoms with E-state index in [1.807, 2.05) is 152 Å². The number of carbonyl (C=O) groups is 4. The number of carbonyl (C=O) groups excluding carboxylic acids is 3. The summed E-state index contributed by atoms with van der Waals surface area (Å²) in [6.45, 7) is 58.9. The number of carboxylic acid groups (broad SMARTS) is 1. The minimum atomic E-state index is -1.58. The molecule has 2 aliphatic rings. The van der Waals surface area contributed by atoms with Gasteiger partial charge in [0, 0.05) is 93.3 Å². The van der Waals surface area contributed by atoms with Crippen molar-refractivity contribution in [2.45, 2.75) is 306 Å². The van der Waals surface area contributed by atoms with E-state index < -0.39 is 74.1 Å². The summed E-state index contributed by atoms with van der Waals surface area (Å²) in [6.07, 6.45) is -0.403. The van der Waals surface area contributed by atoms with Gasteiger partial charge in [-0.05, 0) is 205 Å². The summed E-state index contributed by atoms with van der Waals surface area (Å²) in [4.78, 5) is 43.7. The van der Waals surface area contributed by atoms with Gasteiger partial charge in [-0.15, -0.1) is 17.8 Å². The van der Waals surface area contributed by atoms with Gasteiger partial charge in [-0.3, -0.25) is 4.79 Å². The monoisotopic (exact) mass is 1480 g/mol. The van der Waals surface area contributed by atoms with Crippen LogP contribution in [0.15, 0.2) is 54.6 Å². The summed E-state index contributed by atoms with van der Waals surface area (Å²) in [7, 11) is 4.88. The van der Waals surface area contributed by atoms with Crippen LogP contribution in [0.3, 0.4) is 0 Å². The van der Waals surface area contributed by atoms with Crippen LogP contribution in [0.4, 0.5) is 0 Å². The SMILES string of the molecule is CC#CC(C)(C)Oc1ccc(C(C)(C)C(C)(C)N)cc1OC.CC#CC(C)(C)Oc1ccc(C(C)(C)C(C)(C)N)cc1OC.CC#CC(C)(C)Oc1ccc(C(C)(C)C(C)(C)NC(=O)C(C)(C)O)cc1OC.CC(C)(O)C(=O)O.CC1(C)OC(=O)C(C)(C)O1.CC1OC(C)(C)OC1=O.[CH3-].[Y]. The zero-order chi connectivity index (χ0) is 77.5. The Morgan fingerprint density at radius 3 is 0.960 bits per heavy atom. The minimum Gasteiger partial charge on any atom is -0.493 e. The molecule has 1 atom stereocenters. The molecular weight excluding hydrogens is 1350 g/mol. The number of hydrogen-bond donors (Lipinski definition) is 6. The van der Waals surface area contributed by atoms with Crippen LogP contribution in [0, 0.1) is 42.9 Å². The fourth-order valence-corrected chi connectivity index (χ4v) is 8.77. The average Bonchev–Trinajstić information content (AvgIpc) is 0.861. The number of benzene rings is 3. The van der Waals surface area contributed by atoms with Crippen molar-refractivity contribution >= 4 is 23.8 Å². The average molecular weight is 1480 g/mol. The molecule has 563 valence electrons. The third kappa shape index (κ3) is 30.1. The number of ether oxygens (including phenoxy) is 10. The Morgan fingerprint density at radius 2 is 0.790 bits per heavy atom. The number of amides is 1. The largest absolute Gasteiger partial charge is 0.493 e. The van der Waals surface area contributed by atoms with Crippen LogP contribution < -0.4 is 45.2 Å². The Hall–Kier alpha value is -6.12. The Kier molecular flexibility index (Phi) is 36.1. The maximum absolute atomic E-state index is 12.3. The van der Waals surface area contributed by atoms with Crippen molar-refractivity contribution in [1.82, 2.24) is 5.32 Å². The van der Waals surface area contributed by atoms with Crippen molar-refractivity contribution in [3.63, 3.8) is 0 Å². The maximum atomic E-state index is 12.3. The Morgan fingerprint density at radius 1 is 0.500 bits per heavy atom. The molecule has 0 bridgehead atoms. The van der Waals surface area contributed by atoms with Crippen molar-refractivity contribution in [3.05, 3.63) is 78.7 Å². The van der Waals surface area contributed by atoms with E-state index in [9.17, 15) is 24.3 Å². The normalized spacial score (nSPS) is 15.5. The molecule has 100 heavy (non-hydrogen) atoms. The molecule has 2 heterocycles. The first-order valence-electron chi connectivity index (χ1n) is 32.6. The van der Waals surface area contributed by atoms with Gasteiger partial charge in [0.2, 0.25) is 11.6 Å². The zero-order valence-electron chi connectivity index (χ0n) is 67.6. The summed E-state index contributed by atoms with van der Waals surface area (Å²) in [6, 6.07) is 17.7. The van der Waals surface area contributed by atoms with Gasteiger partial charge in [0.1, 0.15) is 5.60 Å². The Labute approximate surface area is 627 Å². The summed E-state index contributed by atoms with van der Waals surface area (Å²) < 4.78 is 54.6. The van der Waals surface area contributed by atoms with Gasteiger partial charge >= 0.3 is 17.9 Å². The second-order valence-corrected chi connectivity index (χ2v) is 31.4. The van der Waals surface area contributed by atoms with Gasteiger partial charge in [-0.1, -0.05) is 77.5 Å². The molecule has 1 unspecified atom stereocenters. The number of hydrogen-bond acceptors (Lipinski definition) is 18. The topological polar surface area (TPSA) is 285 Å². The van der Waals surface area contributed by atoms with E-state index in [-0.39, 0.29) is 74.0 Å². The van der Waals surface area contributed by atoms with Crippen LogP contribution in [0.5, 0.6) is 34.5 Å². The second-order valence-electron chi connectivity index (χ2n) is 31.4. The van der Waals surface area contributed by atoms with E-state index in [0.29, 0.717) is 34.5 Å².